The summed E-state index contributed by atoms with van der Waals surface area (Å²) in [5.41, 5.74) is 1.94. The first-order valence-corrected chi connectivity index (χ1v) is 8.42. The Morgan fingerprint density at radius 2 is 1.70 bits per heavy atom. The molecule has 2 aromatic carbocycles. The summed E-state index contributed by atoms with van der Waals surface area (Å²) < 4.78 is 21.4. The number of rotatable bonds is 7. The van der Waals surface area contributed by atoms with Crippen LogP contribution in [0.5, 0.6) is 11.5 Å². The van der Waals surface area contributed by atoms with E-state index in [0.29, 0.717) is 17.4 Å². The predicted molar refractivity (Wildman–Crippen MR) is 97.5 cm³/mol. The number of nitrogens with zero attached hydrogens (tertiary/aromatic N) is 2. The van der Waals surface area contributed by atoms with Crippen LogP contribution in [0.2, 0.25) is 0 Å². The molecule has 3 aromatic rings. The summed E-state index contributed by atoms with van der Waals surface area (Å²) in [5, 5.41) is 7.96. The van der Waals surface area contributed by atoms with Gasteiger partial charge in [0.2, 0.25) is 5.89 Å². The molecular formula is C20H20N2O5. The van der Waals surface area contributed by atoms with Gasteiger partial charge in [0.25, 0.3) is 5.89 Å². The molecule has 0 spiro atoms. The van der Waals surface area contributed by atoms with E-state index in [1.165, 1.54) is 0 Å². The Balaban J connectivity index is 1.54. The van der Waals surface area contributed by atoms with Gasteiger partial charge in [-0.2, -0.15) is 0 Å². The molecule has 1 aromatic heterocycles. The molecule has 0 saturated heterocycles. The maximum Gasteiger partial charge on any atom is 0.344 e. The maximum absolute atomic E-state index is 12.0. The number of hydrogen-bond donors (Lipinski definition) is 0. The first-order chi connectivity index (χ1) is 13.0. The third kappa shape index (κ3) is 4.84. The minimum absolute atomic E-state index is 0.225. The van der Waals surface area contributed by atoms with E-state index in [1.807, 2.05) is 31.2 Å². The number of aromatic nitrogens is 2. The average molecular weight is 368 g/mol. The number of ether oxygens (including phenoxy) is 3. The molecule has 1 atom stereocenters. The van der Waals surface area contributed by atoms with Gasteiger partial charge in [-0.05, 0) is 50.2 Å². The lowest BCUT2D eigenvalue weighted by Gasteiger charge is -2.10. The van der Waals surface area contributed by atoms with E-state index in [9.17, 15) is 4.79 Å². The van der Waals surface area contributed by atoms with E-state index < -0.39 is 12.1 Å². The van der Waals surface area contributed by atoms with E-state index in [4.69, 9.17) is 18.6 Å². The second kappa shape index (κ2) is 8.35. The molecule has 0 radical (unpaired) electrons. The van der Waals surface area contributed by atoms with Crippen molar-refractivity contribution in [1.29, 1.82) is 0 Å². The molecule has 0 bridgehead atoms. The Kier molecular flexibility index (Phi) is 5.71. The highest BCUT2D eigenvalue weighted by Gasteiger charge is 2.19. The third-order valence-corrected chi connectivity index (χ3v) is 3.81. The number of hydrogen-bond acceptors (Lipinski definition) is 7. The largest absolute Gasteiger partial charge is 0.497 e. The molecule has 140 valence electrons. The Hall–Kier alpha value is -3.35. The van der Waals surface area contributed by atoms with Crippen molar-refractivity contribution in [3.63, 3.8) is 0 Å². The van der Waals surface area contributed by atoms with Crippen LogP contribution in [0.4, 0.5) is 0 Å². The molecule has 3 rings (SSSR count). The number of esters is 1. The minimum Gasteiger partial charge on any atom is -0.497 e. The molecule has 7 nitrogen and oxygen atoms in total. The van der Waals surface area contributed by atoms with Crippen LogP contribution < -0.4 is 9.47 Å². The van der Waals surface area contributed by atoms with Gasteiger partial charge in [-0.25, -0.2) is 4.79 Å². The van der Waals surface area contributed by atoms with Crippen molar-refractivity contribution in [3.05, 3.63) is 60.0 Å². The Morgan fingerprint density at radius 3 is 2.37 bits per heavy atom. The fourth-order valence-corrected chi connectivity index (χ4v) is 2.31. The predicted octanol–water partition coefficient (Wildman–Crippen LogP) is 3.74. The van der Waals surface area contributed by atoms with E-state index in [1.54, 1.807) is 38.3 Å². The highest BCUT2D eigenvalue weighted by molar-refractivity contribution is 5.71. The molecular weight excluding hydrogens is 348 g/mol. The van der Waals surface area contributed by atoms with Gasteiger partial charge in [-0.1, -0.05) is 17.7 Å². The SMILES string of the molecule is COc1ccc(OCC(=O)O[C@@H](C)c2nnc(-c3ccc(C)cc3)o2)cc1. The van der Waals surface area contributed by atoms with Gasteiger partial charge in [-0.3, -0.25) is 0 Å². The van der Waals surface area contributed by atoms with E-state index in [2.05, 4.69) is 10.2 Å². The van der Waals surface area contributed by atoms with Crippen LogP contribution in [0.15, 0.2) is 52.9 Å². The second-order valence-corrected chi connectivity index (χ2v) is 5.91. The summed E-state index contributed by atoms with van der Waals surface area (Å²) in [6, 6.07) is 14.6. The number of benzene rings is 2. The monoisotopic (exact) mass is 368 g/mol. The van der Waals surface area contributed by atoms with Crippen LogP contribution in [-0.2, 0) is 9.53 Å². The highest BCUT2D eigenvalue weighted by atomic mass is 16.6. The van der Waals surface area contributed by atoms with Gasteiger partial charge in [0.1, 0.15) is 11.5 Å². The molecule has 0 fully saturated rings. The zero-order chi connectivity index (χ0) is 19.2. The van der Waals surface area contributed by atoms with Crippen LogP contribution in [0.1, 0.15) is 24.5 Å². The second-order valence-electron chi connectivity index (χ2n) is 5.91. The average Bonchev–Trinajstić information content (AvgIpc) is 3.18. The zero-order valence-electron chi connectivity index (χ0n) is 15.3. The summed E-state index contributed by atoms with van der Waals surface area (Å²) in [6.07, 6.45) is -0.677. The standard InChI is InChI=1S/C20H20N2O5/c1-13-4-6-15(7-5-13)20-22-21-19(27-20)14(2)26-18(23)12-25-17-10-8-16(24-3)9-11-17/h4-11,14H,12H2,1-3H3/t14-/m0/s1. The fraction of sp³-hybridized carbons (Fsp3) is 0.250. The first kappa shape index (κ1) is 18.4. The molecule has 0 aliphatic carbocycles. The molecule has 27 heavy (non-hydrogen) atoms. The summed E-state index contributed by atoms with van der Waals surface area (Å²) in [5.74, 6) is 1.32. The van der Waals surface area contributed by atoms with Crippen molar-refractivity contribution < 1.29 is 23.4 Å². The molecule has 0 aliphatic heterocycles. The van der Waals surface area contributed by atoms with Crippen molar-refractivity contribution in [3.8, 4) is 23.0 Å². The van der Waals surface area contributed by atoms with E-state index >= 15 is 0 Å². The molecule has 1 heterocycles. The van der Waals surface area contributed by atoms with Gasteiger partial charge < -0.3 is 18.6 Å². The molecule has 0 unspecified atom stereocenters. The van der Waals surface area contributed by atoms with Crippen molar-refractivity contribution >= 4 is 5.97 Å². The van der Waals surface area contributed by atoms with Gasteiger partial charge >= 0.3 is 5.97 Å². The topological polar surface area (TPSA) is 83.7 Å². The van der Waals surface area contributed by atoms with Crippen molar-refractivity contribution in [2.75, 3.05) is 13.7 Å². The lowest BCUT2D eigenvalue weighted by molar-refractivity contribution is -0.152. The summed E-state index contributed by atoms with van der Waals surface area (Å²) in [7, 11) is 1.58. The molecule has 7 heteroatoms. The third-order valence-electron chi connectivity index (χ3n) is 3.81. The minimum atomic E-state index is -0.677. The van der Waals surface area contributed by atoms with Crippen molar-refractivity contribution in [2.45, 2.75) is 20.0 Å². The molecule has 0 amide bonds. The van der Waals surface area contributed by atoms with Crippen molar-refractivity contribution in [1.82, 2.24) is 10.2 Å². The molecule has 0 saturated carbocycles. The van der Waals surface area contributed by atoms with Crippen LogP contribution in [-0.4, -0.2) is 29.9 Å². The van der Waals surface area contributed by atoms with Crippen molar-refractivity contribution in [2.24, 2.45) is 0 Å². The first-order valence-electron chi connectivity index (χ1n) is 8.42. The number of carbonyl (C=O) groups excluding carboxylic acids is 1. The quantitative estimate of drug-likeness (QED) is 0.587. The van der Waals surface area contributed by atoms with Gasteiger partial charge in [0, 0.05) is 5.56 Å². The lowest BCUT2D eigenvalue weighted by Crippen LogP contribution is -2.17. The van der Waals surface area contributed by atoms with Gasteiger partial charge in [0.15, 0.2) is 12.7 Å². The summed E-state index contributed by atoms with van der Waals surface area (Å²) in [6.45, 7) is 3.44. The molecule has 0 aliphatic rings. The summed E-state index contributed by atoms with van der Waals surface area (Å²) in [4.78, 5) is 12.0. The lowest BCUT2D eigenvalue weighted by atomic mass is 10.1. The number of methoxy groups -OCH3 is 1. The Bertz CT molecular complexity index is 887. The van der Waals surface area contributed by atoms with Gasteiger partial charge in [-0.15, -0.1) is 10.2 Å². The number of aryl methyl sites for hydroxylation is 1. The Morgan fingerprint density at radius 1 is 1.04 bits per heavy atom. The maximum atomic E-state index is 12.0. The zero-order valence-corrected chi connectivity index (χ0v) is 15.3. The summed E-state index contributed by atoms with van der Waals surface area (Å²) >= 11 is 0. The molecule has 0 N–H and O–H groups in total. The fourth-order valence-electron chi connectivity index (χ4n) is 2.31. The van der Waals surface area contributed by atoms with Crippen LogP contribution in [0, 0.1) is 6.92 Å². The number of carbonyl (C=O) groups is 1. The highest BCUT2D eigenvalue weighted by Crippen LogP contribution is 2.23. The smallest absolute Gasteiger partial charge is 0.344 e. The van der Waals surface area contributed by atoms with Crippen LogP contribution in [0.3, 0.4) is 0 Å². The normalized spacial score (nSPS) is 11.7. The van der Waals surface area contributed by atoms with Crippen LogP contribution >= 0.6 is 0 Å². The van der Waals surface area contributed by atoms with E-state index in [-0.39, 0.29) is 12.5 Å². The van der Waals surface area contributed by atoms with Gasteiger partial charge in [0.05, 0.1) is 7.11 Å². The van der Waals surface area contributed by atoms with E-state index in [0.717, 1.165) is 11.1 Å². The van der Waals surface area contributed by atoms with Crippen LogP contribution in [0.25, 0.3) is 11.5 Å². The Labute approximate surface area is 156 Å².